The van der Waals surface area contributed by atoms with Gasteiger partial charge in [0.25, 0.3) is 0 Å². The van der Waals surface area contributed by atoms with Crippen LogP contribution in [0.3, 0.4) is 0 Å². The van der Waals surface area contributed by atoms with Crippen molar-refractivity contribution in [2.45, 2.75) is 38.9 Å². The number of alkyl halides is 3. The number of nitrogens with two attached hydrogens (primary N) is 1. The van der Waals surface area contributed by atoms with Crippen molar-refractivity contribution in [3.63, 3.8) is 0 Å². The first-order chi connectivity index (χ1) is 7.29. The standard InChI is InChI=1S/C12H16F3N/c1-8-3-4-10(9(2)7-8)11(16)5-6-12(13,14)15/h3-4,7,11H,5-6,16H2,1-2H3/t11-/m0/s1. The Morgan fingerprint density at radius 3 is 2.38 bits per heavy atom. The molecule has 0 aliphatic carbocycles. The van der Waals surface area contributed by atoms with Crippen molar-refractivity contribution in [1.82, 2.24) is 0 Å². The molecule has 0 saturated heterocycles. The van der Waals surface area contributed by atoms with Gasteiger partial charge in [-0.15, -0.1) is 0 Å². The first kappa shape index (κ1) is 13.0. The van der Waals surface area contributed by atoms with E-state index >= 15 is 0 Å². The van der Waals surface area contributed by atoms with Crippen molar-refractivity contribution in [1.29, 1.82) is 0 Å². The summed E-state index contributed by atoms with van der Waals surface area (Å²) in [7, 11) is 0. The summed E-state index contributed by atoms with van der Waals surface area (Å²) in [6, 6.07) is 5.08. The van der Waals surface area contributed by atoms with Gasteiger partial charge < -0.3 is 5.73 Å². The number of rotatable bonds is 3. The summed E-state index contributed by atoms with van der Waals surface area (Å²) in [6.45, 7) is 3.81. The van der Waals surface area contributed by atoms with E-state index in [4.69, 9.17) is 5.73 Å². The van der Waals surface area contributed by atoms with Crippen molar-refractivity contribution in [2.24, 2.45) is 5.73 Å². The van der Waals surface area contributed by atoms with Gasteiger partial charge in [-0.1, -0.05) is 23.8 Å². The zero-order valence-electron chi connectivity index (χ0n) is 9.43. The highest BCUT2D eigenvalue weighted by Crippen LogP contribution is 2.27. The molecule has 0 saturated carbocycles. The van der Waals surface area contributed by atoms with E-state index in [1.807, 2.05) is 32.0 Å². The molecule has 0 radical (unpaired) electrons. The number of hydrogen-bond donors (Lipinski definition) is 1. The van der Waals surface area contributed by atoms with Crippen LogP contribution in [0.4, 0.5) is 13.2 Å². The quantitative estimate of drug-likeness (QED) is 0.844. The summed E-state index contributed by atoms with van der Waals surface area (Å²) >= 11 is 0. The molecule has 0 aromatic heterocycles. The number of halogens is 3. The van der Waals surface area contributed by atoms with Crippen LogP contribution in [-0.2, 0) is 0 Å². The van der Waals surface area contributed by atoms with Gasteiger partial charge in [0, 0.05) is 12.5 Å². The van der Waals surface area contributed by atoms with E-state index in [-0.39, 0.29) is 6.42 Å². The minimum Gasteiger partial charge on any atom is -0.324 e. The molecule has 0 fully saturated rings. The van der Waals surface area contributed by atoms with Gasteiger partial charge in [0.15, 0.2) is 0 Å². The van der Waals surface area contributed by atoms with Gasteiger partial charge >= 0.3 is 6.18 Å². The zero-order valence-corrected chi connectivity index (χ0v) is 9.43. The molecule has 1 aromatic carbocycles. The van der Waals surface area contributed by atoms with Crippen molar-refractivity contribution < 1.29 is 13.2 Å². The Hall–Kier alpha value is -1.03. The van der Waals surface area contributed by atoms with E-state index in [9.17, 15) is 13.2 Å². The van der Waals surface area contributed by atoms with Gasteiger partial charge in [-0.05, 0) is 31.4 Å². The molecule has 16 heavy (non-hydrogen) atoms. The third-order valence-electron chi connectivity index (χ3n) is 2.56. The van der Waals surface area contributed by atoms with Crippen molar-refractivity contribution in [2.75, 3.05) is 0 Å². The third kappa shape index (κ3) is 3.85. The van der Waals surface area contributed by atoms with Gasteiger partial charge in [-0.2, -0.15) is 13.2 Å². The van der Waals surface area contributed by atoms with Crippen LogP contribution in [0, 0.1) is 13.8 Å². The summed E-state index contributed by atoms with van der Waals surface area (Å²) in [4.78, 5) is 0. The van der Waals surface area contributed by atoms with Crippen LogP contribution in [0.2, 0.25) is 0 Å². The lowest BCUT2D eigenvalue weighted by atomic mass is 9.97. The molecule has 90 valence electrons. The van der Waals surface area contributed by atoms with Crippen LogP contribution in [0.25, 0.3) is 0 Å². The number of benzene rings is 1. The molecular weight excluding hydrogens is 215 g/mol. The lowest BCUT2D eigenvalue weighted by Crippen LogP contribution is -2.16. The Kier molecular flexibility index (Phi) is 3.97. The maximum Gasteiger partial charge on any atom is 0.389 e. The van der Waals surface area contributed by atoms with Crippen molar-refractivity contribution >= 4 is 0 Å². The minimum absolute atomic E-state index is 0.0621. The molecule has 0 amide bonds. The topological polar surface area (TPSA) is 26.0 Å². The predicted molar refractivity (Wildman–Crippen MR) is 58.1 cm³/mol. The number of hydrogen-bond acceptors (Lipinski definition) is 1. The fraction of sp³-hybridized carbons (Fsp3) is 0.500. The fourth-order valence-corrected chi connectivity index (χ4v) is 1.72. The maximum absolute atomic E-state index is 12.0. The van der Waals surface area contributed by atoms with Gasteiger partial charge in [0.05, 0.1) is 0 Å². The Morgan fingerprint density at radius 2 is 1.88 bits per heavy atom. The average Bonchev–Trinajstić information content (AvgIpc) is 2.13. The summed E-state index contributed by atoms with van der Waals surface area (Å²) in [5.41, 5.74) is 8.59. The van der Waals surface area contributed by atoms with E-state index < -0.39 is 18.6 Å². The smallest absolute Gasteiger partial charge is 0.324 e. The molecule has 1 rings (SSSR count). The third-order valence-corrected chi connectivity index (χ3v) is 2.56. The summed E-state index contributed by atoms with van der Waals surface area (Å²) in [5, 5.41) is 0. The van der Waals surface area contributed by atoms with Gasteiger partial charge in [0.2, 0.25) is 0 Å². The second-order valence-corrected chi connectivity index (χ2v) is 4.12. The van der Waals surface area contributed by atoms with E-state index in [0.29, 0.717) is 0 Å². The monoisotopic (exact) mass is 231 g/mol. The normalized spacial score (nSPS) is 13.9. The number of aryl methyl sites for hydroxylation is 2. The first-order valence-corrected chi connectivity index (χ1v) is 5.19. The Labute approximate surface area is 93.5 Å². The maximum atomic E-state index is 12.0. The highest BCUT2D eigenvalue weighted by molar-refractivity contribution is 5.32. The molecule has 0 bridgehead atoms. The van der Waals surface area contributed by atoms with E-state index in [2.05, 4.69) is 0 Å². The molecule has 1 aromatic rings. The van der Waals surface area contributed by atoms with Crippen LogP contribution in [0.15, 0.2) is 18.2 Å². The highest BCUT2D eigenvalue weighted by atomic mass is 19.4. The fourth-order valence-electron chi connectivity index (χ4n) is 1.72. The molecule has 0 aliphatic heterocycles. The summed E-state index contributed by atoms with van der Waals surface area (Å²) < 4.78 is 36.1. The molecule has 0 heterocycles. The van der Waals surface area contributed by atoms with E-state index in [0.717, 1.165) is 16.7 Å². The molecule has 0 unspecified atom stereocenters. The van der Waals surface area contributed by atoms with Crippen LogP contribution >= 0.6 is 0 Å². The Morgan fingerprint density at radius 1 is 1.25 bits per heavy atom. The SMILES string of the molecule is Cc1ccc([C@@H](N)CCC(F)(F)F)c(C)c1. The van der Waals surface area contributed by atoms with Crippen LogP contribution in [-0.4, -0.2) is 6.18 Å². The molecule has 0 aliphatic rings. The van der Waals surface area contributed by atoms with Crippen LogP contribution in [0.1, 0.15) is 35.6 Å². The molecule has 1 atom stereocenters. The highest BCUT2D eigenvalue weighted by Gasteiger charge is 2.28. The van der Waals surface area contributed by atoms with Crippen LogP contribution < -0.4 is 5.73 Å². The van der Waals surface area contributed by atoms with Crippen molar-refractivity contribution in [3.05, 3.63) is 34.9 Å². The predicted octanol–water partition coefficient (Wildman–Crippen LogP) is 3.65. The first-order valence-electron chi connectivity index (χ1n) is 5.19. The van der Waals surface area contributed by atoms with Crippen molar-refractivity contribution in [3.8, 4) is 0 Å². The van der Waals surface area contributed by atoms with Gasteiger partial charge in [-0.25, -0.2) is 0 Å². The molecule has 4 heteroatoms. The lowest BCUT2D eigenvalue weighted by molar-refractivity contribution is -0.136. The summed E-state index contributed by atoms with van der Waals surface area (Å²) in [5.74, 6) is 0. The van der Waals surface area contributed by atoms with E-state index in [1.54, 1.807) is 0 Å². The second-order valence-electron chi connectivity index (χ2n) is 4.12. The average molecular weight is 231 g/mol. The second kappa shape index (κ2) is 4.87. The molecule has 0 spiro atoms. The molecule has 2 N–H and O–H groups in total. The van der Waals surface area contributed by atoms with E-state index in [1.165, 1.54) is 0 Å². The lowest BCUT2D eigenvalue weighted by Gasteiger charge is -2.16. The Bertz CT molecular complexity index is 358. The summed E-state index contributed by atoms with van der Waals surface area (Å²) in [6.07, 6.45) is -5.02. The molecule has 1 nitrogen and oxygen atoms in total. The Balaban J connectivity index is 2.70. The minimum atomic E-state index is -4.13. The van der Waals surface area contributed by atoms with Gasteiger partial charge in [0.1, 0.15) is 0 Å². The molecular formula is C12H16F3N. The van der Waals surface area contributed by atoms with Gasteiger partial charge in [-0.3, -0.25) is 0 Å². The largest absolute Gasteiger partial charge is 0.389 e. The van der Waals surface area contributed by atoms with Crippen LogP contribution in [0.5, 0.6) is 0 Å². The zero-order chi connectivity index (χ0) is 12.3.